The number of nitrogens with one attached hydrogen (secondary N) is 2. The van der Waals surface area contributed by atoms with E-state index in [2.05, 4.69) is 15.5 Å². The van der Waals surface area contributed by atoms with Gasteiger partial charge in [0.05, 0.1) is 35.6 Å². The largest absolute Gasteiger partial charge is 0.493 e. The number of carbonyl (C=O) groups excluding carboxylic acids is 2. The summed E-state index contributed by atoms with van der Waals surface area (Å²) in [5.41, 5.74) is 6.49. The third kappa shape index (κ3) is 6.40. The molecule has 1 aromatic rings. The van der Waals surface area contributed by atoms with Gasteiger partial charge >= 0.3 is 6.03 Å². The summed E-state index contributed by atoms with van der Waals surface area (Å²) < 4.78 is 11.5. The number of piperidine rings is 1. The van der Waals surface area contributed by atoms with Gasteiger partial charge in [0.1, 0.15) is 5.75 Å². The number of benzene rings is 1. The van der Waals surface area contributed by atoms with Crippen molar-refractivity contribution in [2.24, 2.45) is 11.7 Å². The molecule has 4 N–H and O–H groups in total. The van der Waals surface area contributed by atoms with Crippen LogP contribution in [0.15, 0.2) is 12.1 Å². The lowest BCUT2D eigenvalue weighted by atomic mass is 9.96. The van der Waals surface area contributed by atoms with Crippen LogP contribution in [0.25, 0.3) is 0 Å². The van der Waals surface area contributed by atoms with E-state index in [-0.39, 0.29) is 18.0 Å². The molecule has 32 heavy (non-hydrogen) atoms. The van der Waals surface area contributed by atoms with E-state index in [4.69, 9.17) is 26.8 Å². The van der Waals surface area contributed by atoms with Gasteiger partial charge in [0.15, 0.2) is 0 Å². The second-order valence-electron chi connectivity index (χ2n) is 8.24. The number of amides is 3. The maximum Gasteiger partial charge on any atom is 0.314 e. The number of morpholine rings is 1. The van der Waals surface area contributed by atoms with Crippen LogP contribution in [0.3, 0.4) is 0 Å². The first kappa shape index (κ1) is 24.4. The Labute approximate surface area is 194 Å². The number of urea groups is 1. The fourth-order valence-electron chi connectivity index (χ4n) is 4.27. The van der Waals surface area contributed by atoms with E-state index in [1.807, 2.05) is 6.92 Å². The van der Waals surface area contributed by atoms with Gasteiger partial charge in [-0.3, -0.25) is 9.69 Å². The van der Waals surface area contributed by atoms with Gasteiger partial charge in [0, 0.05) is 52.4 Å². The number of nitrogens with zero attached hydrogens (tertiary/aromatic N) is 2. The molecular formula is C22H34ClN5O4. The number of ether oxygens (including phenoxy) is 2. The normalized spacial score (nSPS) is 20.1. The van der Waals surface area contributed by atoms with Gasteiger partial charge in [-0.2, -0.15) is 0 Å². The predicted octanol–water partition coefficient (Wildman–Crippen LogP) is 2.00. The predicted molar refractivity (Wildman–Crippen MR) is 125 cm³/mol. The van der Waals surface area contributed by atoms with E-state index < -0.39 is 0 Å². The highest BCUT2D eigenvalue weighted by Crippen LogP contribution is 2.31. The SMILES string of the molecule is CCOc1cc(NC)c(Cl)cc1C(=O)NCC1CN(CC2CCN(C(N)=O)CC2)CCO1. The second kappa shape index (κ2) is 11.6. The molecule has 2 heterocycles. The van der Waals surface area contributed by atoms with Gasteiger partial charge in [-0.15, -0.1) is 0 Å². The van der Waals surface area contributed by atoms with Crippen LogP contribution < -0.4 is 21.1 Å². The summed E-state index contributed by atoms with van der Waals surface area (Å²) in [5.74, 6) is 0.797. The standard InChI is InChI=1S/C22H34ClN5O4/c1-3-31-20-11-19(25-2)18(23)10-17(20)21(29)26-12-16-14-27(8-9-32-16)13-15-4-6-28(7-5-15)22(24)30/h10-11,15-16,25H,3-9,12-14H2,1-2H3,(H2,24,30)(H,26,29). The molecule has 0 saturated carbocycles. The van der Waals surface area contributed by atoms with E-state index in [1.54, 1.807) is 24.1 Å². The molecule has 1 aromatic carbocycles. The van der Waals surface area contributed by atoms with Crippen molar-refractivity contribution in [3.63, 3.8) is 0 Å². The minimum atomic E-state index is -0.333. The summed E-state index contributed by atoms with van der Waals surface area (Å²) in [4.78, 5) is 28.2. The maximum absolute atomic E-state index is 12.8. The molecule has 0 radical (unpaired) electrons. The fourth-order valence-corrected chi connectivity index (χ4v) is 4.53. The fraction of sp³-hybridized carbons (Fsp3) is 0.636. The lowest BCUT2D eigenvalue weighted by Gasteiger charge is -2.37. The van der Waals surface area contributed by atoms with Crippen LogP contribution in [-0.2, 0) is 4.74 Å². The third-order valence-electron chi connectivity index (χ3n) is 6.04. The van der Waals surface area contributed by atoms with Crippen LogP contribution in [0, 0.1) is 5.92 Å². The molecule has 9 nitrogen and oxygen atoms in total. The lowest BCUT2D eigenvalue weighted by Crippen LogP contribution is -2.50. The molecule has 2 aliphatic heterocycles. The first-order valence-corrected chi connectivity index (χ1v) is 11.6. The molecule has 1 atom stereocenters. The number of nitrogens with two attached hydrogens (primary N) is 1. The third-order valence-corrected chi connectivity index (χ3v) is 6.35. The number of likely N-dealkylation sites (tertiary alicyclic amines) is 1. The molecule has 0 aliphatic carbocycles. The molecule has 0 spiro atoms. The van der Waals surface area contributed by atoms with E-state index in [1.165, 1.54) is 0 Å². The minimum Gasteiger partial charge on any atom is -0.493 e. The van der Waals surface area contributed by atoms with E-state index in [0.717, 1.165) is 45.6 Å². The lowest BCUT2D eigenvalue weighted by molar-refractivity contribution is -0.0330. The molecule has 178 valence electrons. The first-order chi connectivity index (χ1) is 15.4. The quantitative estimate of drug-likeness (QED) is 0.539. The van der Waals surface area contributed by atoms with Gasteiger partial charge < -0.3 is 30.7 Å². The molecule has 2 saturated heterocycles. The highest BCUT2D eigenvalue weighted by Gasteiger charge is 2.27. The van der Waals surface area contributed by atoms with Crippen molar-refractivity contribution in [2.45, 2.75) is 25.9 Å². The van der Waals surface area contributed by atoms with Gasteiger partial charge in [0.25, 0.3) is 5.91 Å². The number of hydrogen-bond acceptors (Lipinski definition) is 6. The summed E-state index contributed by atoms with van der Waals surface area (Å²) >= 11 is 6.27. The van der Waals surface area contributed by atoms with Crippen molar-refractivity contribution >= 4 is 29.2 Å². The Balaban J connectivity index is 1.51. The van der Waals surface area contributed by atoms with Crippen LogP contribution in [0.2, 0.25) is 5.02 Å². The molecule has 2 aliphatic rings. The molecule has 3 amide bonds. The van der Waals surface area contributed by atoms with Crippen molar-refractivity contribution in [1.82, 2.24) is 15.1 Å². The zero-order valence-corrected chi connectivity index (χ0v) is 19.6. The second-order valence-corrected chi connectivity index (χ2v) is 8.65. The molecule has 2 fully saturated rings. The van der Waals surface area contributed by atoms with Crippen molar-refractivity contribution in [3.05, 3.63) is 22.7 Å². The molecule has 3 rings (SSSR count). The van der Waals surface area contributed by atoms with Crippen LogP contribution >= 0.6 is 11.6 Å². The monoisotopic (exact) mass is 467 g/mol. The van der Waals surface area contributed by atoms with Gasteiger partial charge in [0.2, 0.25) is 0 Å². The maximum atomic E-state index is 12.8. The summed E-state index contributed by atoms with van der Waals surface area (Å²) in [5, 5.41) is 6.42. The Morgan fingerprint density at radius 3 is 2.69 bits per heavy atom. The topological polar surface area (TPSA) is 109 Å². The molecular weight excluding hydrogens is 434 g/mol. The smallest absolute Gasteiger partial charge is 0.314 e. The highest BCUT2D eigenvalue weighted by molar-refractivity contribution is 6.33. The summed E-state index contributed by atoms with van der Waals surface area (Å²) in [6.07, 6.45) is 1.84. The van der Waals surface area contributed by atoms with Crippen molar-refractivity contribution < 1.29 is 19.1 Å². The van der Waals surface area contributed by atoms with E-state index >= 15 is 0 Å². The number of anilines is 1. The summed E-state index contributed by atoms with van der Waals surface area (Å²) in [7, 11) is 1.77. The Hall–Kier alpha value is -2.23. The molecule has 0 aromatic heterocycles. The van der Waals surface area contributed by atoms with Crippen molar-refractivity contribution in [2.75, 3.05) is 64.8 Å². The number of hydrogen-bond donors (Lipinski definition) is 3. The van der Waals surface area contributed by atoms with E-state index in [9.17, 15) is 9.59 Å². The van der Waals surface area contributed by atoms with Crippen molar-refractivity contribution in [1.29, 1.82) is 0 Å². The number of halogens is 1. The molecule has 0 bridgehead atoms. The Bertz CT molecular complexity index is 801. The first-order valence-electron chi connectivity index (χ1n) is 11.2. The van der Waals surface area contributed by atoms with Crippen LogP contribution in [-0.4, -0.2) is 87.4 Å². The molecule has 1 unspecified atom stereocenters. The van der Waals surface area contributed by atoms with Crippen LogP contribution in [0.4, 0.5) is 10.5 Å². The number of carbonyl (C=O) groups is 2. The Kier molecular flexibility index (Phi) is 8.84. The van der Waals surface area contributed by atoms with Crippen molar-refractivity contribution in [3.8, 4) is 5.75 Å². The molecule has 10 heteroatoms. The average molecular weight is 468 g/mol. The van der Waals surface area contributed by atoms with Crippen LogP contribution in [0.1, 0.15) is 30.1 Å². The van der Waals surface area contributed by atoms with Gasteiger partial charge in [-0.05, 0) is 31.7 Å². The van der Waals surface area contributed by atoms with Crippen LogP contribution in [0.5, 0.6) is 5.75 Å². The summed E-state index contributed by atoms with van der Waals surface area (Å²) in [6, 6.07) is 3.03. The number of rotatable bonds is 8. The Morgan fingerprint density at radius 2 is 2.03 bits per heavy atom. The minimum absolute atomic E-state index is 0.0824. The zero-order valence-electron chi connectivity index (χ0n) is 18.9. The highest BCUT2D eigenvalue weighted by atomic mass is 35.5. The zero-order chi connectivity index (χ0) is 23.1. The van der Waals surface area contributed by atoms with E-state index in [0.29, 0.717) is 47.7 Å². The van der Waals surface area contributed by atoms with Gasteiger partial charge in [-0.1, -0.05) is 11.6 Å². The average Bonchev–Trinajstić information content (AvgIpc) is 2.79. The Morgan fingerprint density at radius 1 is 1.28 bits per heavy atom. The van der Waals surface area contributed by atoms with Gasteiger partial charge in [-0.25, -0.2) is 4.79 Å². The summed E-state index contributed by atoms with van der Waals surface area (Å²) in [6.45, 7) is 7.41. The number of primary amides is 1.